The molecular weight excluding hydrogens is 338 g/mol. The van der Waals surface area contributed by atoms with E-state index in [1.165, 1.54) is 4.31 Å². The van der Waals surface area contributed by atoms with Crippen molar-refractivity contribution in [2.45, 2.75) is 37.6 Å². The smallest absolute Gasteiger partial charge is 0.265 e. The van der Waals surface area contributed by atoms with Gasteiger partial charge >= 0.3 is 0 Å². The second-order valence-electron chi connectivity index (χ2n) is 6.39. The summed E-state index contributed by atoms with van der Waals surface area (Å²) in [7, 11) is -2.24. The summed E-state index contributed by atoms with van der Waals surface area (Å²) >= 11 is 0. The molecule has 2 aromatic rings. The predicted octanol–water partition coefficient (Wildman–Crippen LogP) is 2.81. The van der Waals surface area contributed by atoms with Crippen molar-refractivity contribution in [1.29, 1.82) is 0 Å². The van der Waals surface area contributed by atoms with Crippen LogP contribution in [0.25, 0.3) is 0 Å². The van der Waals surface area contributed by atoms with Crippen molar-refractivity contribution in [3.63, 3.8) is 0 Å². The summed E-state index contributed by atoms with van der Waals surface area (Å²) in [5, 5.41) is 9.79. The summed E-state index contributed by atoms with van der Waals surface area (Å²) < 4.78 is 33.7. The van der Waals surface area contributed by atoms with Crippen LogP contribution in [0.5, 0.6) is 5.75 Å². The number of aryl methyl sites for hydroxylation is 3. The van der Waals surface area contributed by atoms with Crippen LogP contribution in [0.4, 0.5) is 5.69 Å². The van der Waals surface area contributed by atoms with Crippen LogP contribution < -0.4 is 9.04 Å². The number of aliphatic hydroxyl groups excluding tert-OH is 1. The highest BCUT2D eigenvalue weighted by atomic mass is 32.2. The van der Waals surface area contributed by atoms with Crippen molar-refractivity contribution in [3.8, 4) is 5.75 Å². The lowest BCUT2D eigenvalue weighted by Crippen LogP contribution is -2.46. The predicted molar refractivity (Wildman–Crippen MR) is 97.8 cm³/mol. The summed E-state index contributed by atoms with van der Waals surface area (Å²) in [6.45, 7) is 3.33. The third-order valence-electron chi connectivity index (χ3n) is 4.70. The Kier molecular flexibility index (Phi) is 4.75. The van der Waals surface area contributed by atoms with Crippen molar-refractivity contribution >= 4 is 15.7 Å². The SMILES string of the molecule is COc1cc(C)c(S(=O)(=O)N2c3ccccc3CCC2CO)c(C)c1. The summed E-state index contributed by atoms with van der Waals surface area (Å²) in [5.41, 5.74) is 2.91. The van der Waals surface area contributed by atoms with Crippen LogP contribution in [0.2, 0.25) is 0 Å². The van der Waals surface area contributed by atoms with Crippen LogP contribution in [0, 0.1) is 13.8 Å². The van der Waals surface area contributed by atoms with Gasteiger partial charge < -0.3 is 9.84 Å². The number of hydrogen-bond acceptors (Lipinski definition) is 4. The maximum absolute atomic E-state index is 13.5. The molecule has 1 N–H and O–H groups in total. The first-order valence-corrected chi connectivity index (χ1v) is 9.72. The van der Waals surface area contributed by atoms with E-state index in [2.05, 4.69) is 0 Å². The van der Waals surface area contributed by atoms with E-state index in [4.69, 9.17) is 4.74 Å². The number of anilines is 1. The number of benzene rings is 2. The molecule has 1 aliphatic heterocycles. The largest absolute Gasteiger partial charge is 0.497 e. The summed E-state index contributed by atoms with van der Waals surface area (Å²) in [6, 6.07) is 10.5. The van der Waals surface area contributed by atoms with Gasteiger partial charge in [0.15, 0.2) is 0 Å². The fraction of sp³-hybridized carbons (Fsp3) is 0.368. The summed E-state index contributed by atoms with van der Waals surface area (Å²) in [6.07, 6.45) is 1.36. The second-order valence-corrected chi connectivity index (χ2v) is 8.15. The quantitative estimate of drug-likeness (QED) is 0.909. The number of nitrogens with zero attached hydrogens (tertiary/aromatic N) is 1. The zero-order chi connectivity index (χ0) is 18.2. The normalized spacial score (nSPS) is 17.3. The first-order valence-electron chi connectivity index (χ1n) is 8.28. The van der Waals surface area contributed by atoms with Crippen LogP contribution in [0.1, 0.15) is 23.1 Å². The van der Waals surface area contributed by atoms with E-state index in [9.17, 15) is 13.5 Å². The minimum atomic E-state index is -3.81. The van der Waals surface area contributed by atoms with E-state index < -0.39 is 16.1 Å². The monoisotopic (exact) mass is 361 g/mol. The van der Waals surface area contributed by atoms with Gasteiger partial charge in [-0.25, -0.2) is 8.42 Å². The van der Waals surface area contributed by atoms with E-state index in [-0.39, 0.29) is 11.5 Å². The van der Waals surface area contributed by atoms with Crippen LogP contribution in [-0.2, 0) is 16.4 Å². The molecule has 0 amide bonds. The molecule has 0 fully saturated rings. The van der Waals surface area contributed by atoms with Gasteiger partial charge in [0.1, 0.15) is 5.75 Å². The Hall–Kier alpha value is -2.05. The molecule has 3 rings (SSSR count). The minimum absolute atomic E-state index is 0.207. The van der Waals surface area contributed by atoms with Crippen molar-refractivity contribution in [3.05, 3.63) is 53.1 Å². The molecule has 0 aromatic heterocycles. The van der Waals surface area contributed by atoms with Crippen molar-refractivity contribution < 1.29 is 18.3 Å². The molecule has 0 saturated carbocycles. The van der Waals surface area contributed by atoms with E-state index >= 15 is 0 Å². The molecule has 0 aliphatic carbocycles. The van der Waals surface area contributed by atoms with Gasteiger partial charge in [0.2, 0.25) is 0 Å². The summed E-state index contributed by atoms with van der Waals surface area (Å²) in [4.78, 5) is 0.281. The van der Waals surface area contributed by atoms with Crippen LogP contribution >= 0.6 is 0 Å². The van der Waals surface area contributed by atoms with Crippen LogP contribution in [-0.4, -0.2) is 33.3 Å². The van der Waals surface area contributed by atoms with E-state index in [0.29, 0.717) is 29.0 Å². The topological polar surface area (TPSA) is 66.8 Å². The third kappa shape index (κ3) is 3.00. The maximum atomic E-state index is 13.5. The Morgan fingerprint density at radius 2 is 1.84 bits per heavy atom. The van der Waals surface area contributed by atoms with Crippen LogP contribution in [0.3, 0.4) is 0 Å². The number of hydrogen-bond donors (Lipinski definition) is 1. The van der Waals surface area contributed by atoms with Gasteiger partial charge in [-0.1, -0.05) is 18.2 Å². The number of methoxy groups -OCH3 is 1. The molecule has 1 aliphatic rings. The Labute approximate surface area is 148 Å². The number of sulfonamides is 1. The van der Waals surface area contributed by atoms with Gasteiger partial charge in [0.05, 0.1) is 30.3 Å². The minimum Gasteiger partial charge on any atom is -0.497 e. The molecule has 1 unspecified atom stereocenters. The second kappa shape index (κ2) is 6.69. The van der Waals surface area contributed by atoms with Gasteiger partial charge in [-0.3, -0.25) is 4.31 Å². The highest BCUT2D eigenvalue weighted by Gasteiger charge is 2.37. The average molecular weight is 361 g/mol. The third-order valence-corrected chi connectivity index (χ3v) is 6.88. The Bertz CT molecular complexity index is 869. The molecular formula is C19H23NO4S. The van der Waals surface area contributed by atoms with Gasteiger partial charge in [0.25, 0.3) is 10.0 Å². The van der Waals surface area contributed by atoms with Crippen molar-refractivity contribution in [2.24, 2.45) is 0 Å². The maximum Gasteiger partial charge on any atom is 0.265 e. The molecule has 134 valence electrons. The highest BCUT2D eigenvalue weighted by molar-refractivity contribution is 7.93. The average Bonchev–Trinajstić information content (AvgIpc) is 2.59. The number of rotatable bonds is 4. The summed E-state index contributed by atoms with van der Waals surface area (Å²) in [5.74, 6) is 0.631. The van der Waals surface area contributed by atoms with Crippen molar-refractivity contribution in [2.75, 3.05) is 18.0 Å². The fourth-order valence-corrected chi connectivity index (χ4v) is 5.73. The molecule has 1 heterocycles. The molecule has 0 spiro atoms. The molecule has 1 atom stereocenters. The zero-order valence-corrected chi connectivity index (χ0v) is 15.5. The van der Waals surface area contributed by atoms with Crippen molar-refractivity contribution in [1.82, 2.24) is 0 Å². The number of fused-ring (bicyclic) bond motifs is 1. The standard InChI is InChI=1S/C19H23NO4S/c1-13-10-17(24-3)11-14(2)19(13)25(22,23)20-16(12-21)9-8-15-6-4-5-7-18(15)20/h4-7,10-11,16,21H,8-9,12H2,1-3H3. The fourth-order valence-electron chi connectivity index (χ4n) is 3.60. The van der Waals surface area contributed by atoms with Crippen LogP contribution in [0.15, 0.2) is 41.3 Å². The molecule has 0 radical (unpaired) electrons. The lowest BCUT2D eigenvalue weighted by atomic mass is 9.99. The lowest BCUT2D eigenvalue weighted by Gasteiger charge is -2.37. The number of aliphatic hydroxyl groups is 1. The molecule has 5 nitrogen and oxygen atoms in total. The Morgan fingerprint density at radius 3 is 2.44 bits per heavy atom. The molecule has 25 heavy (non-hydrogen) atoms. The van der Waals surface area contributed by atoms with E-state index in [0.717, 1.165) is 12.0 Å². The lowest BCUT2D eigenvalue weighted by molar-refractivity contribution is 0.258. The molecule has 0 bridgehead atoms. The zero-order valence-electron chi connectivity index (χ0n) is 14.7. The van der Waals surface area contributed by atoms with E-state index in [1.54, 1.807) is 33.1 Å². The van der Waals surface area contributed by atoms with Gasteiger partial charge in [0, 0.05) is 0 Å². The van der Waals surface area contributed by atoms with Gasteiger partial charge in [-0.15, -0.1) is 0 Å². The highest BCUT2D eigenvalue weighted by Crippen LogP contribution is 2.37. The molecule has 0 saturated heterocycles. The van der Waals surface area contributed by atoms with E-state index in [1.807, 2.05) is 24.3 Å². The van der Waals surface area contributed by atoms with Gasteiger partial charge in [-0.05, 0) is 61.6 Å². The molecule has 2 aromatic carbocycles. The first kappa shape index (κ1) is 17.8. The molecule has 6 heteroatoms. The Balaban J connectivity index is 2.20. The van der Waals surface area contributed by atoms with Gasteiger partial charge in [-0.2, -0.15) is 0 Å². The number of ether oxygens (including phenoxy) is 1. The number of para-hydroxylation sites is 1. The Morgan fingerprint density at radius 1 is 1.20 bits per heavy atom. The first-order chi connectivity index (χ1) is 11.9.